The number of anilines is 1. The number of amides is 1. The van der Waals surface area contributed by atoms with Crippen LogP contribution in [-0.4, -0.2) is 19.1 Å². The number of nitrogens with one attached hydrogen (secondary N) is 1. The van der Waals surface area contributed by atoms with Gasteiger partial charge in [-0.2, -0.15) is 0 Å². The molecule has 3 N–H and O–H groups in total. The molecule has 2 aromatic carbocycles. The summed E-state index contributed by atoms with van der Waals surface area (Å²) in [7, 11) is 0. The molecule has 0 spiro atoms. The molecule has 4 nitrogen and oxygen atoms in total. The Morgan fingerprint density at radius 3 is 2.48 bits per heavy atom. The van der Waals surface area contributed by atoms with Gasteiger partial charge in [0.2, 0.25) is 5.91 Å². The van der Waals surface area contributed by atoms with Crippen LogP contribution in [-0.2, 0) is 21.5 Å². The van der Waals surface area contributed by atoms with Gasteiger partial charge in [-0.3, -0.25) is 4.79 Å². The summed E-state index contributed by atoms with van der Waals surface area (Å²) in [5.74, 6) is -0.392. The summed E-state index contributed by atoms with van der Waals surface area (Å²) in [6.45, 7) is 1.08. The minimum absolute atomic E-state index is 0. The average molecular weight is 365 g/mol. The van der Waals surface area contributed by atoms with Gasteiger partial charge in [0.1, 0.15) is 5.82 Å². The lowest BCUT2D eigenvalue weighted by molar-refractivity contribution is -0.123. The van der Waals surface area contributed by atoms with Crippen molar-refractivity contribution in [3.8, 4) is 0 Å². The minimum atomic E-state index is -0.578. The van der Waals surface area contributed by atoms with E-state index >= 15 is 0 Å². The molecule has 0 atom stereocenters. The van der Waals surface area contributed by atoms with Crippen molar-refractivity contribution < 1.29 is 13.9 Å². The standard InChI is InChI=1S/C19H21FN2O2.ClH/c20-16-3-1-2-15(13-16)19(8-10-24-11-9-19)22-18(23)12-14-4-6-17(21)7-5-14;/h1-7,13H,8-12,21H2,(H,22,23);1H. The zero-order valence-electron chi connectivity index (χ0n) is 13.8. The first-order valence-corrected chi connectivity index (χ1v) is 8.07. The number of ether oxygens (including phenoxy) is 1. The van der Waals surface area contributed by atoms with E-state index in [1.807, 2.05) is 18.2 Å². The van der Waals surface area contributed by atoms with Gasteiger partial charge in [-0.1, -0.05) is 24.3 Å². The number of carbonyl (C=O) groups is 1. The summed E-state index contributed by atoms with van der Waals surface area (Å²) < 4.78 is 19.1. The molecular weight excluding hydrogens is 343 g/mol. The Hall–Kier alpha value is -2.11. The Balaban J connectivity index is 0.00000225. The highest BCUT2D eigenvalue weighted by Gasteiger charge is 2.36. The quantitative estimate of drug-likeness (QED) is 0.819. The van der Waals surface area contributed by atoms with Gasteiger partial charge in [0.05, 0.1) is 12.0 Å². The zero-order valence-corrected chi connectivity index (χ0v) is 14.7. The fourth-order valence-electron chi connectivity index (χ4n) is 3.12. The third kappa shape index (κ3) is 4.71. The highest BCUT2D eigenvalue weighted by Crippen LogP contribution is 2.32. The smallest absolute Gasteiger partial charge is 0.225 e. The van der Waals surface area contributed by atoms with Crippen molar-refractivity contribution in [1.82, 2.24) is 5.32 Å². The van der Waals surface area contributed by atoms with Crippen LogP contribution in [0.15, 0.2) is 48.5 Å². The van der Waals surface area contributed by atoms with Crippen molar-refractivity contribution in [2.45, 2.75) is 24.8 Å². The molecule has 1 heterocycles. The highest BCUT2D eigenvalue weighted by atomic mass is 35.5. The highest BCUT2D eigenvalue weighted by molar-refractivity contribution is 5.85. The van der Waals surface area contributed by atoms with Crippen molar-refractivity contribution in [3.05, 3.63) is 65.5 Å². The molecule has 0 aliphatic carbocycles. The Morgan fingerprint density at radius 2 is 1.84 bits per heavy atom. The summed E-state index contributed by atoms with van der Waals surface area (Å²) in [5.41, 5.74) is 7.44. The number of halogens is 2. The lowest BCUT2D eigenvalue weighted by Gasteiger charge is -2.38. The number of hydrogen-bond acceptors (Lipinski definition) is 3. The van der Waals surface area contributed by atoms with Crippen molar-refractivity contribution in [1.29, 1.82) is 0 Å². The van der Waals surface area contributed by atoms with Crippen molar-refractivity contribution in [3.63, 3.8) is 0 Å². The van der Waals surface area contributed by atoms with Crippen LogP contribution in [0.3, 0.4) is 0 Å². The first-order chi connectivity index (χ1) is 11.6. The number of carbonyl (C=O) groups excluding carboxylic acids is 1. The van der Waals surface area contributed by atoms with E-state index in [4.69, 9.17) is 10.5 Å². The van der Waals surface area contributed by atoms with E-state index in [0.717, 1.165) is 11.1 Å². The molecule has 0 saturated carbocycles. The Morgan fingerprint density at radius 1 is 1.16 bits per heavy atom. The van der Waals surface area contributed by atoms with Crippen LogP contribution >= 0.6 is 12.4 Å². The summed E-state index contributed by atoms with van der Waals surface area (Å²) in [5, 5.41) is 3.12. The first kappa shape index (κ1) is 19.2. The molecule has 0 unspecified atom stereocenters. The fourth-order valence-corrected chi connectivity index (χ4v) is 3.12. The molecule has 1 aliphatic rings. The van der Waals surface area contributed by atoms with Crippen LogP contribution in [0.1, 0.15) is 24.0 Å². The van der Waals surface area contributed by atoms with E-state index in [1.165, 1.54) is 12.1 Å². The number of nitrogen functional groups attached to an aromatic ring is 1. The second-order valence-electron chi connectivity index (χ2n) is 6.17. The number of hydrogen-bond donors (Lipinski definition) is 2. The predicted molar refractivity (Wildman–Crippen MR) is 98.1 cm³/mol. The van der Waals surface area contributed by atoms with Crippen LogP contribution in [0.2, 0.25) is 0 Å². The molecule has 6 heteroatoms. The maximum Gasteiger partial charge on any atom is 0.225 e. The molecule has 25 heavy (non-hydrogen) atoms. The van der Waals surface area contributed by atoms with Crippen LogP contribution < -0.4 is 11.1 Å². The molecule has 0 bridgehead atoms. The Bertz CT molecular complexity index is 716. The summed E-state index contributed by atoms with van der Waals surface area (Å²) in [6, 6.07) is 13.7. The van der Waals surface area contributed by atoms with Gasteiger partial charge in [0.15, 0.2) is 0 Å². The zero-order chi connectivity index (χ0) is 17.0. The summed E-state index contributed by atoms with van der Waals surface area (Å²) in [4.78, 5) is 12.6. The molecule has 1 fully saturated rings. The maximum atomic E-state index is 13.7. The van der Waals surface area contributed by atoms with Crippen LogP contribution in [0, 0.1) is 5.82 Å². The Labute approximate surface area is 153 Å². The lowest BCUT2D eigenvalue weighted by atomic mass is 9.82. The summed E-state index contributed by atoms with van der Waals surface area (Å²) in [6.07, 6.45) is 1.52. The van der Waals surface area contributed by atoms with Gasteiger partial charge in [0.25, 0.3) is 0 Å². The number of rotatable bonds is 4. The van der Waals surface area contributed by atoms with Gasteiger partial charge in [-0.15, -0.1) is 12.4 Å². The molecule has 1 aliphatic heterocycles. The normalized spacial score (nSPS) is 15.9. The van der Waals surface area contributed by atoms with E-state index < -0.39 is 5.54 Å². The SMILES string of the molecule is Cl.Nc1ccc(CC(=O)NC2(c3cccc(F)c3)CCOCC2)cc1. The first-order valence-electron chi connectivity index (χ1n) is 8.07. The monoisotopic (exact) mass is 364 g/mol. The van der Waals surface area contributed by atoms with Crippen molar-refractivity contribution in [2.75, 3.05) is 18.9 Å². The van der Waals surface area contributed by atoms with Gasteiger partial charge >= 0.3 is 0 Å². The average Bonchev–Trinajstić information content (AvgIpc) is 2.58. The molecule has 2 aromatic rings. The van der Waals surface area contributed by atoms with Crippen LogP contribution in [0.25, 0.3) is 0 Å². The maximum absolute atomic E-state index is 13.7. The minimum Gasteiger partial charge on any atom is -0.399 e. The van der Waals surface area contributed by atoms with Gasteiger partial charge in [0, 0.05) is 18.9 Å². The molecule has 1 saturated heterocycles. The van der Waals surface area contributed by atoms with Gasteiger partial charge in [-0.25, -0.2) is 4.39 Å². The van der Waals surface area contributed by atoms with Gasteiger partial charge < -0.3 is 15.8 Å². The van der Waals surface area contributed by atoms with E-state index in [1.54, 1.807) is 18.2 Å². The third-order valence-corrected chi connectivity index (χ3v) is 4.45. The van der Waals surface area contributed by atoms with Crippen LogP contribution in [0.4, 0.5) is 10.1 Å². The molecule has 134 valence electrons. The topological polar surface area (TPSA) is 64.4 Å². The van der Waals surface area contributed by atoms with E-state index in [-0.39, 0.29) is 30.6 Å². The molecule has 0 aromatic heterocycles. The Kier molecular flexibility index (Phi) is 6.39. The predicted octanol–water partition coefficient (Wildman–Crippen LogP) is 3.19. The van der Waals surface area contributed by atoms with Crippen molar-refractivity contribution in [2.24, 2.45) is 0 Å². The van der Waals surface area contributed by atoms with E-state index in [9.17, 15) is 9.18 Å². The van der Waals surface area contributed by atoms with Gasteiger partial charge in [-0.05, 0) is 48.2 Å². The molecule has 1 amide bonds. The number of nitrogens with two attached hydrogens (primary N) is 1. The van der Waals surface area contributed by atoms with Crippen molar-refractivity contribution >= 4 is 24.0 Å². The summed E-state index contributed by atoms with van der Waals surface area (Å²) >= 11 is 0. The largest absolute Gasteiger partial charge is 0.399 e. The lowest BCUT2D eigenvalue weighted by Crippen LogP contribution is -2.50. The third-order valence-electron chi connectivity index (χ3n) is 4.45. The van der Waals surface area contributed by atoms with E-state index in [2.05, 4.69) is 5.32 Å². The second kappa shape index (κ2) is 8.32. The van der Waals surface area contributed by atoms with Crippen LogP contribution in [0.5, 0.6) is 0 Å². The van der Waals surface area contributed by atoms with E-state index in [0.29, 0.717) is 31.7 Å². The number of benzene rings is 2. The molecular formula is C19H22ClFN2O2. The second-order valence-corrected chi connectivity index (χ2v) is 6.17. The fraction of sp³-hybridized carbons (Fsp3) is 0.316. The molecule has 3 rings (SSSR count). The molecule has 0 radical (unpaired) electrons.